The van der Waals surface area contributed by atoms with Gasteiger partial charge in [-0.2, -0.15) is 0 Å². The molecule has 100 valence electrons. The molecule has 0 aliphatic carbocycles. The molecule has 2 heterocycles. The van der Waals surface area contributed by atoms with E-state index >= 15 is 0 Å². The second-order valence-corrected chi connectivity index (χ2v) is 7.14. The Labute approximate surface area is 103 Å². The van der Waals surface area contributed by atoms with Crippen LogP contribution in [0.4, 0.5) is 0 Å². The van der Waals surface area contributed by atoms with Crippen molar-refractivity contribution >= 4 is 9.84 Å². The molecule has 0 bridgehead atoms. The zero-order chi connectivity index (χ0) is 12.1. The van der Waals surface area contributed by atoms with Crippen molar-refractivity contribution in [3.63, 3.8) is 0 Å². The Bertz CT molecular complexity index is 326. The highest BCUT2D eigenvalue weighted by Crippen LogP contribution is 2.08. The fourth-order valence-electron chi connectivity index (χ4n) is 2.35. The number of nitrogens with one attached hydrogen (secondary N) is 1. The van der Waals surface area contributed by atoms with Gasteiger partial charge in [-0.3, -0.25) is 0 Å². The molecular formula is C11H22N2O3S. The normalized spacial score (nSPS) is 30.9. The Hall–Kier alpha value is -0.170. The fraction of sp³-hybridized carbons (Fsp3) is 1.00. The van der Waals surface area contributed by atoms with Gasteiger partial charge < -0.3 is 15.0 Å². The maximum Gasteiger partial charge on any atom is 0.151 e. The van der Waals surface area contributed by atoms with Crippen LogP contribution in [0.1, 0.15) is 12.8 Å². The standard InChI is InChI=1S/C11H22N2O3S/c14-17(15)8-1-4-13(6-9-17)5-2-11-10-12-3-7-16-11/h11-12H,1-10H2. The summed E-state index contributed by atoms with van der Waals surface area (Å²) in [4.78, 5) is 2.25. The van der Waals surface area contributed by atoms with E-state index in [1.165, 1.54) is 0 Å². The van der Waals surface area contributed by atoms with Gasteiger partial charge in [-0.15, -0.1) is 0 Å². The van der Waals surface area contributed by atoms with Crippen LogP contribution in [-0.4, -0.2) is 70.3 Å². The summed E-state index contributed by atoms with van der Waals surface area (Å²) in [5, 5.41) is 3.31. The second-order valence-electron chi connectivity index (χ2n) is 4.83. The average Bonchev–Trinajstić information content (AvgIpc) is 2.49. The zero-order valence-electron chi connectivity index (χ0n) is 10.2. The van der Waals surface area contributed by atoms with E-state index in [0.29, 0.717) is 24.2 Å². The Kier molecular flexibility index (Phi) is 4.78. The van der Waals surface area contributed by atoms with Gasteiger partial charge in [-0.1, -0.05) is 0 Å². The first-order valence-electron chi connectivity index (χ1n) is 6.41. The highest BCUT2D eigenvalue weighted by atomic mass is 32.2. The van der Waals surface area contributed by atoms with Gasteiger partial charge in [0.05, 0.1) is 24.2 Å². The third-order valence-corrected chi connectivity index (χ3v) is 5.14. The lowest BCUT2D eigenvalue weighted by molar-refractivity contribution is 0.0178. The lowest BCUT2D eigenvalue weighted by Crippen LogP contribution is -2.40. The molecule has 0 spiro atoms. The molecule has 2 aliphatic heterocycles. The van der Waals surface area contributed by atoms with E-state index < -0.39 is 9.84 Å². The first-order chi connectivity index (χ1) is 8.16. The summed E-state index contributed by atoms with van der Waals surface area (Å²) >= 11 is 0. The molecular weight excluding hydrogens is 240 g/mol. The van der Waals surface area contributed by atoms with E-state index in [9.17, 15) is 8.42 Å². The van der Waals surface area contributed by atoms with Crippen molar-refractivity contribution in [3.8, 4) is 0 Å². The summed E-state index contributed by atoms with van der Waals surface area (Å²) in [6.07, 6.45) is 2.06. The SMILES string of the molecule is O=S1(=O)CCCN(CCC2CNCCO2)CC1. The molecule has 0 saturated carbocycles. The van der Waals surface area contributed by atoms with Crippen LogP contribution < -0.4 is 5.32 Å². The van der Waals surface area contributed by atoms with Gasteiger partial charge in [0, 0.05) is 26.2 Å². The summed E-state index contributed by atoms with van der Waals surface area (Å²) in [6.45, 7) is 5.19. The molecule has 0 amide bonds. The smallest absolute Gasteiger partial charge is 0.151 e. The van der Waals surface area contributed by atoms with Crippen molar-refractivity contribution < 1.29 is 13.2 Å². The molecule has 0 radical (unpaired) electrons. The minimum atomic E-state index is -2.78. The molecule has 5 nitrogen and oxygen atoms in total. The van der Waals surface area contributed by atoms with Gasteiger partial charge in [0.15, 0.2) is 9.84 Å². The third kappa shape index (κ3) is 4.54. The first kappa shape index (κ1) is 13.3. The van der Waals surface area contributed by atoms with Gasteiger partial charge in [-0.25, -0.2) is 8.42 Å². The van der Waals surface area contributed by atoms with Crippen LogP contribution in [0.3, 0.4) is 0 Å². The molecule has 17 heavy (non-hydrogen) atoms. The topological polar surface area (TPSA) is 58.6 Å². The van der Waals surface area contributed by atoms with Gasteiger partial charge >= 0.3 is 0 Å². The minimum absolute atomic E-state index is 0.295. The monoisotopic (exact) mass is 262 g/mol. The lowest BCUT2D eigenvalue weighted by atomic mass is 10.2. The largest absolute Gasteiger partial charge is 0.376 e. The molecule has 6 heteroatoms. The molecule has 0 aromatic heterocycles. The van der Waals surface area contributed by atoms with Gasteiger partial charge in [0.2, 0.25) is 0 Å². The van der Waals surface area contributed by atoms with Crippen molar-refractivity contribution in [2.75, 3.05) is 50.8 Å². The highest BCUT2D eigenvalue weighted by molar-refractivity contribution is 7.91. The molecule has 0 aromatic carbocycles. The molecule has 1 atom stereocenters. The van der Waals surface area contributed by atoms with Gasteiger partial charge in [0.25, 0.3) is 0 Å². The highest BCUT2D eigenvalue weighted by Gasteiger charge is 2.20. The lowest BCUT2D eigenvalue weighted by Gasteiger charge is -2.26. The van der Waals surface area contributed by atoms with Crippen LogP contribution >= 0.6 is 0 Å². The third-order valence-electron chi connectivity index (χ3n) is 3.42. The molecule has 1 N–H and O–H groups in total. The van der Waals surface area contributed by atoms with Crippen LogP contribution in [0.5, 0.6) is 0 Å². The van der Waals surface area contributed by atoms with Crippen molar-refractivity contribution in [1.82, 2.24) is 10.2 Å². The molecule has 2 fully saturated rings. The average molecular weight is 262 g/mol. The van der Waals surface area contributed by atoms with E-state index in [0.717, 1.165) is 45.6 Å². The Morgan fingerprint density at radius 2 is 2.18 bits per heavy atom. The molecule has 0 aromatic rings. The van der Waals surface area contributed by atoms with E-state index in [4.69, 9.17) is 4.74 Å². The van der Waals surface area contributed by atoms with E-state index in [-0.39, 0.29) is 0 Å². The predicted molar refractivity (Wildman–Crippen MR) is 66.9 cm³/mol. The minimum Gasteiger partial charge on any atom is -0.376 e. The van der Waals surface area contributed by atoms with Crippen LogP contribution in [0, 0.1) is 0 Å². The van der Waals surface area contributed by atoms with Gasteiger partial charge in [-0.05, 0) is 19.4 Å². The Morgan fingerprint density at radius 1 is 1.29 bits per heavy atom. The Morgan fingerprint density at radius 3 is 2.94 bits per heavy atom. The number of rotatable bonds is 3. The quantitative estimate of drug-likeness (QED) is 0.742. The molecule has 2 saturated heterocycles. The zero-order valence-corrected chi connectivity index (χ0v) is 11.0. The number of nitrogens with zero attached hydrogens (tertiary/aromatic N) is 1. The van der Waals surface area contributed by atoms with Crippen molar-refractivity contribution in [2.45, 2.75) is 18.9 Å². The first-order valence-corrected chi connectivity index (χ1v) is 8.23. The number of hydrogen-bond donors (Lipinski definition) is 1. The number of hydrogen-bond acceptors (Lipinski definition) is 5. The van der Waals surface area contributed by atoms with E-state index in [1.807, 2.05) is 0 Å². The number of morpholine rings is 1. The van der Waals surface area contributed by atoms with Crippen molar-refractivity contribution in [1.29, 1.82) is 0 Å². The number of sulfone groups is 1. The maximum atomic E-state index is 11.5. The van der Waals surface area contributed by atoms with Crippen LogP contribution in [0.2, 0.25) is 0 Å². The van der Waals surface area contributed by atoms with E-state index in [2.05, 4.69) is 10.2 Å². The van der Waals surface area contributed by atoms with Gasteiger partial charge in [0.1, 0.15) is 0 Å². The molecule has 1 unspecified atom stereocenters. The van der Waals surface area contributed by atoms with Crippen molar-refractivity contribution in [2.24, 2.45) is 0 Å². The summed E-state index contributed by atoms with van der Waals surface area (Å²) < 4.78 is 28.6. The van der Waals surface area contributed by atoms with E-state index in [1.54, 1.807) is 0 Å². The summed E-state index contributed by atoms with van der Waals surface area (Å²) in [7, 11) is -2.78. The second kappa shape index (κ2) is 6.13. The summed E-state index contributed by atoms with van der Waals surface area (Å²) in [5.41, 5.74) is 0. The number of ether oxygens (including phenoxy) is 1. The maximum absolute atomic E-state index is 11.5. The Balaban J connectivity index is 1.71. The van der Waals surface area contributed by atoms with Crippen LogP contribution in [-0.2, 0) is 14.6 Å². The molecule has 2 rings (SSSR count). The fourth-order valence-corrected chi connectivity index (χ4v) is 3.65. The van der Waals surface area contributed by atoms with Crippen molar-refractivity contribution in [3.05, 3.63) is 0 Å². The van der Waals surface area contributed by atoms with Crippen LogP contribution in [0.25, 0.3) is 0 Å². The summed E-state index contributed by atoms with van der Waals surface area (Å²) in [6, 6.07) is 0. The predicted octanol–water partition coefficient (Wildman–Crippen LogP) is -0.515. The molecule has 2 aliphatic rings. The van der Waals surface area contributed by atoms with Crippen LogP contribution in [0.15, 0.2) is 0 Å². The summed E-state index contributed by atoms with van der Waals surface area (Å²) in [5.74, 6) is 0.668.